The maximum Gasteiger partial charge on any atom is 0.317 e. The number of urea groups is 1. The summed E-state index contributed by atoms with van der Waals surface area (Å²) < 4.78 is 0. The van der Waals surface area contributed by atoms with Crippen LogP contribution in [0.25, 0.3) is 0 Å². The highest BCUT2D eigenvalue weighted by atomic mass is 16.2. The molecule has 5 aliphatic rings. The molecule has 5 rings (SSSR count). The molecule has 0 atom stereocenters. The Hall–Kier alpha value is -0.770. The summed E-state index contributed by atoms with van der Waals surface area (Å²) in [6, 6.07) is 0.695. The van der Waals surface area contributed by atoms with Crippen LogP contribution >= 0.6 is 0 Å². The third-order valence-corrected chi connectivity index (χ3v) is 7.20. The molecule has 0 aromatic rings. The fourth-order valence-corrected chi connectivity index (χ4v) is 6.01. The van der Waals surface area contributed by atoms with Gasteiger partial charge in [0.2, 0.25) is 0 Å². The maximum absolute atomic E-state index is 12.8. The molecular formula is C20H35N3O. The van der Waals surface area contributed by atoms with Crippen molar-refractivity contribution in [1.82, 2.24) is 15.1 Å². The van der Waals surface area contributed by atoms with Crippen molar-refractivity contribution in [3.8, 4) is 0 Å². The van der Waals surface area contributed by atoms with Gasteiger partial charge in [-0.3, -0.25) is 4.90 Å². The number of nitrogens with one attached hydrogen (secondary N) is 1. The lowest BCUT2D eigenvalue weighted by Crippen LogP contribution is -2.60. The Labute approximate surface area is 147 Å². The highest BCUT2D eigenvalue weighted by Crippen LogP contribution is 2.53. The normalized spacial score (nSPS) is 38.8. The van der Waals surface area contributed by atoms with Crippen molar-refractivity contribution in [2.24, 2.45) is 29.6 Å². The van der Waals surface area contributed by atoms with Gasteiger partial charge in [-0.2, -0.15) is 0 Å². The molecule has 0 radical (unpaired) electrons. The number of carbonyl (C=O) groups excluding carboxylic acids is 1. The smallest absolute Gasteiger partial charge is 0.317 e. The lowest BCUT2D eigenvalue weighted by atomic mass is 9.54. The molecule has 1 N–H and O–H groups in total. The molecule has 4 heteroatoms. The van der Waals surface area contributed by atoms with Crippen LogP contribution in [0.3, 0.4) is 0 Å². The number of amides is 2. The number of hydrogen-bond donors (Lipinski definition) is 1. The Morgan fingerprint density at radius 2 is 1.54 bits per heavy atom. The molecule has 0 aromatic heterocycles. The van der Waals surface area contributed by atoms with Gasteiger partial charge >= 0.3 is 6.03 Å². The first kappa shape index (κ1) is 16.7. The summed E-state index contributed by atoms with van der Waals surface area (Å²) in [7, 11) is 0. The van der Waals surface area contributed by atoms with E-state index >= 15 is 0 Å². The van der Waals surface area contributed by atoms with Crippen LogP contribution in [0.15, 0.2) is 0 Å². The molecule has 0 spiro atoms. The first-order valence-electron chi connectivity index (χ1n) is 10.4. The maximum atomic E-state index is 12.8. The van der Waals surface area contributed by atoms with Crippen molar-refractivity contribution < 1.29 is 4.79 Å². The number of carbonyl (C=O) groups is 1. The van der Waals surface area contributed by atoms with Crippen LogP contribution in [0, 0.1) is 29.6 Å². The molecule has 1 saturated heterocycles. The molecule has 4 bridgehead atoms. The van der Waals surface area contributed by atoms with Crippen molar-refractivity contribution in [2.45, 2.75) is 58.4 Å². The van der Waals surface area contributed by atoms with Crippen LogP contribution in [0.2, 0.25) is 0 Å². The van der Waals surface area contributed by atoms with E-state index in [1.165, 1.54) is 45.1 Å². The van der Waals surface area contributed by atoms with Gasteiger partial charge in [-0.1, -0.05) is 13.8 Å². The Morgan fingerprint density at radius 1 is 0.958 bits per heavy atom. The van der Waals surface area contributed by atoms with Crippen LogP contribution in [0.1, 0.15) is 52.4 Å². The van der Waals surface area contributed by atoms with Crippen molar-refractivity contribution in [1.29, 1.82) is 0 Å². The van der Waals surface area contributed by atoms with E-state index in [-0.39, 0.29) is 6.03 Å². The van der Waals surface area contributed by atoms with Crippen molar-refractivity contribution >= 4 is 6.03 Å². The summed E-state index contributed by atoms with van der Waals surface area (Å²) in [4.78, 5) is 17.3. The number of hydrogen-bond acceptors (Lipinski definition) is 2. The van der Waals surface area contributed by atoms with Crippen molar-refractivity contribution in [3.63, 3.8) is 0 Å². The fourth-order valence-electron chi connectivity index (χ4n) is 6.01. The van der Waals surface area contributed by atoms with E-state index in [0.717, 1.165) is 55.8 Å². The fraction of sp³-hybridized carbons (Fsp3) is 0.950. The highest BCUT2D eigenvalue weighted by Gasteiger charge is 2.48. The van der Waals surface area contributed by atoms with E-state index in [1.54, 1.807) is 0 Å². The molecule has 136 valence electrons. The largest absolute Gasteiger partial charge is 0.335 e. The second kappa shape index (κ2) is 6.86. The van der Waals surface area contributed by atoms with Gasteiger partial charge < -0.3 is 10.2 Å². The summed E-state index contributed by atoms with van der Waals surface area (Å²) in [6.45, 7) is 9.64. The standard InChI is InChI=1S/C20H35N3O/c1-14(2)3-4-22-5-7-23(8-6-22)20(24)21-19-17-10-15-9-16(12-17)13-18(19)11-15/h14-19H,3-13H2,1-2H3,(H,21,24). The summed E-state index contributed by atoms with van der Waals surface area (Å²) in [6.07, 6.45) is 8.25. The molecule has 0 aromatic carbocycles. The average molecular weight is 334 g/mol. The Kier molecular flexibility index (Phi) is 4.77. The third kappa shape index (κ3) is 3.44. The first-order valence-corrected chi connectivity index (χ1v) is 10.4. The Bertz CT molecular complexity index is 428. The number of piperazine rings is 1. The second-order valence-electron chi connectivity index (χ2n) is 9.42. The van der Waals surface area contributed by atoms with Gasteiger partial charge in [-0.05, 0) is 74.7 Å². The van der Waals surface area contributed by atoms with Crippen LogP contribution < -0.4 is 5.32 Å². The van der Waals surface area contributed by atoms with Gasteiger partial charge in [-0.15, -0.1) is 0 Å². The molecule has 5 fully saturated rings. The SMILES string of the molecule is CC(C)CCN1CCN(C(=O)NC2C3CC4CC(C3)CC2C4)CC1. The van der Waals surface area contributed by atoms with Crippen LogP contribution in [0.4, 0.5) is 4.79 Å². The number of nitrogens with zero attached hydrogens (tertiary/aromatic N) is 2. The van der Waals surface area contributed by atoms with Crippen molar-refractivity contribution in [3.05, 3.63) is 0 Å². The van der Waals surface area contributed by atoms with Gasteiger partial charge in [0.25, 0.3) is 0 Å². The molecule has 4 aliphatic carbocycles. The molecule has 2 amide bonds. The van der Waals surface area contributed by atoms with Crippen LogP contribution in [-0.4, -0.2) is 54.6 Å². The van der Waals surface area contributed by atoms with E-state index in [9.17, 15) is 4.79 Å². The topological polar surface area (TPSA) is 35.6 Å². The molecule has 4 saturated carbocycles. The molecule has 24 heavy (non-hydrogen) atoms. The van der Waals surface area contributed by atoms with Gasteiger partial charge in [0, 0.05) is 32.2 Å². The van der Waals surface area contributed by atoms with Gasteiger partial charge in [0.05, 0.1) is 0 Å². The van der Waals surface area contributed by atoms with E-state index in [2.05, 4.69) is 29.0 Å². The Balaban J connectivity index is 1.25. The minimum Gasteiger partial charge on any atom is -0.335 e. The zero-order valence-corrected chi connectivity index (χ0v) is 15.5. The lowest BCUT2D eigenvalue weighted by Gasteiger charge is -2.54. The number of rotatable bonds is 4. The minimum absolute atomic E-state index is 0.219. The van der Waals surface area contributed by atoms with Gasteiger partial charge in [0.15, 0.2) is 0 Å². The van der Waals surface area contributed by atoms with E-state index in [4.69, 9.17) is 0 Å². The van der Waals surface area contributed by atoms with Crippen LogP contribution in [-0.2, 0) is 0 Å². The van der Waals surface area contributed by atoms with Gasteiger partial charge in [0.1, 0.15) is 0 Å². The summed E-state index contributed by atoms with van der Waals surface area (Å²) in [5.74, 6) is 4.27. The quantitative estimate of drug-likeness (QED) is 0.857. The van der Waals surface area contributed by atoms with Gasteiger partial charge in [-0.25, -0.2) is 4.79 Å². The molecular weight excluding hydrogens is 298 g/mol. The zero-order chi connectivity index (χ0) is 16.7. The highest BCUT2D eigenvalue weighted by molar-refractivity contribution is 5.74. The molecule has 1 aliphatic heterocycles. The van der Waals surface area contributed by atoms with E-state index < -0.39 is 0 Å². The summed E-state index contributed by atoms with van der Waals surface area (Å²) in [5.41, 5.74) is 0. The molecule has 0 unspecified atom stereocenters. The van der Waals surface area contributed by atoms with Crippen LogP contribution in [0.5, 0.6) is 0 Å². The monoisotopic (exact) mass is 333 g/mol. The summed E-state index contributed by atoms with van der Waals surface area (Å²) in [5, 5.41) is 3.47. The van der Waals surface area contributed by atoms with E-state index in [0.29, 0.717) is 6.04 Å². The zero-order valence-electron chi connectivity index (χ0n) is 15.5. The second-order valence-corrected chi connectivity index (χ2v) is 9.42. The summed E-state index contributed by atoms with van der Waals surface area (Å²) >= 11 is 0. The molecule has 4 nitrogen and oxygen atoms in total. The predicted octanol–water partition coefficient (Wildman–Crippen LogP) is 3.18. The average Bonchev–Trinajstić information content (AvgIpc) is 2.56. The Morgan fingerprint density at radius 3 is 2.08 bits per heavy atom. The first-order chi connectivity index (χ1) is 11.6. The molecule has 1 heterocycles. The lowest BCUT2D eigenvalue weighted by molar-refractivity contribution is -0.0116. The predicted molar refractivity (Wildman–Crippen MR) is 96.8 cm³/mol. The van der Waals surface area contributed by atoms with E-state index in [1.807, 2.05) is 0 Å². The van der Waals surface area contributed by atoms with Crippen molar-refractivity contribution in [2.75, 3.05) is 32.7 Å². The minimum atomic E-state index is 0.219. The third-order valence-electron chi connectivity index (χ3n) is 7.20.